The molecule has 0 radical (unpaired) electrons. The number of rotatable bonds is 6. The Bertz CT molecular complexity index is 1120. The number of aromatic nitrogens is 1. The number of para-hydroxylation sites is 1. The zero-order chi connectivity index (χ0) is 20.9. The molecule has 0 aliphatic rings. The second kappa shape index (κ2) is 8.46. The third-order valence-corrected chi connectivity index (χ3v) is 10.2. The van der Waals surface area contributed by atoms with Gasteiger partial charge in [-0.25, -0.2) is 0 Å². The van der Waals surface area contributed by atoms with Crippen LogP contribution < -0.4 is 20.1 Å². The van der Waals surface area contributed by atoms with Gasteiger partial charge in [0, 0.05) is 5.69 Å². The molecule has 0 aliphatic carbocycles. The van der Waals surface area contributed by atoms with Gasteiger partial charge < -0.3 is 8.98 Å². The van der Waals surface area contributed by atoms with Gasteiger partial charge in [-0.1, -0.05) is 109 Å². The van der Waals surface area contributed by atoms with Crippen LogP contribution in [-0.4, -0.2) is 13.2 Å². The highest BCUT2D eigenvalue weighted by Gasteiger charge is 2.47. The van der Waals surface area contributed by atoms with Crippen LogP contribution in [0.5, 0.6) is 0 Å². The predicted octanol–water partition coefficient (Wildman–Crippen LogP) is 4.48. The Morgan fingerprint density at radius 3 is 1.35 bits per heavy atom. The van der Waals surface area contributed by atoms with Crippen LogP contribution in [-0.2, 0) is 0 Å². The summed E-state index contributed by atoms with van der Waals surface area (Å²) in [4.78, 5) is 4.63. The van der Waals surface area contributed by atoms with Crippen LogP contribution in [0.15, 0.2) is 138 Å². The molecule has 0 N–H and O–H groups in total. The molecule has 0 fully saturated rings. The van der Waals surface area contributed by atoms with E-state index in [-0.39, 0.29) is 0 Å². The number of benzene rings is 4. The topological polar surface area (TPSA) is 29.3 Å². The van der Waals surface area contributed by atoms with Crippen LogP contribution in [0.2, 0.25) is 0 Å². The molecule has 0 atom stereocenters. The fourth-order valence-electron chi connectivity index (χ4n) is 4.32. The molecule has 0 unspecified atom stereocenters. The van der Waals surface area contributed by atoms with Crippen molar-refractivity contribution < 1.29 is 4.42 Å². The number of anilines is 2. The van der Waals surface area contributed by atoms with E-state index in [1.54, 1.807) is 6.26 Å². The number of hydrogen-bond donors (Lipinski definition) is 0. The zero-order valence-corrected chi connectivity index (χ0v) is 18.0. The van der Waals surface area contributed by atoms with E-state index in [9.17, 15) is 0 Å². The summed E-state index contributed by atoms with van der Waals surface area (Å²) >= 11 is 0. The lowest BCUT2D eigenvalue weighted by Crippen LogP contribution is -2.76. The maximum absolute atomic E-state index is 5.49. The lowest BCUT2D eigenvalue weighted by Gasteiger charge is -2.43. The van der Waals surface area contributed by atoms with Crippen LogP contribution in [0.4, 0.5) is 11.5 Å². The quantitative estimate of drug-likeness (QED) is 0.301. The summed E-state index contributed by atoms with van der Waals surface area (Å²) < 4.78 is 7.89. The van der Waals surface area contributed by atoms with Crippen LogP contribution in [0, 0.1) is 0 Å². The largest absolute Gasteiger partial charge is 0.449 e. The monoisotopic (exact) mass is 418 g/mol. The summed E-state index contributed by atoms with van der Waals surface area (Å²) in [5.74, 6) is 0.800. The predicted molar refractivity (Wildman–Crippen MR) is 129 cm³/mol. The summed E-state index contributed by atoms with van der Waals surface area (Å²) in [6.45, 7) is 0. The fourth-order valence-corrected chi connectivity index (χ4v) is 9.11. The summed E-state index contributed by atoms with van der Waals surface area (Å²) in [6.07, 6.45) is 3.25. The molecule has 0 aliphatic heterocycles. The Labute approximate surface area is 183 Å². The minimum atomic E-state index is -2.79. The van der Waals surface area contributed by atoms with E-state index in [4.69, 9.17) is 4.42 Å². The van der Waals surface area contributed by atoms with Crippen molar-refractivity contribution in [3.63, 3.8) is 0 Å². The zero-order valence-electron chi connectivity index (χ0n) is 17.0. The van der Waals surface area contributed by atoms with Crippen molar-refractivity contribution in [1.82, 2.24) is 4.98 Å². The van der Waals surface area contributed by atoms with Crippen molar-refractivity contribution in [2.24, 2.45) is 0 Å². The first kappa shape index (κ1) is 19.1. The van der Waals surface area contributed by atoms with E-state index in [0.29, 0.717) is 0 Å². The van der Waals surface area contributed by atoms with Gasteiger partial charge in [-0.05, 0) is 27.7 Å². The molecular weight excluding hydrogens is 396 g/mol. The van der Waals surface area contributed by atoms with Crippen molar-refractivity contribution in [2.45, 2.75) is 0 Å². The first-order chi connectivity index (χ1) is 15.4. The fraction of sp³-hybridized carbons (Fsp3) is 0. The Morgan fingerprint density at radius 2 is 0.968 bits per heavy atom. The minimum absolute atomic E-state index is 0.800. The van der Waals surface area contributed by atoms with Crippen molar-refractivity contribution in [1.29, 1.82) is 0 Å². The molecule has 4 heteroatoms. The van der Waals surface area contributed by atoms with E-state index in [2.05, 4.69) is 125 Å². The van der Waals surface area contributed by atoms with Gasteiger partial charge in [0.05, 0.1) is 0 Å². The number of nitrogens with zero attached hydrogens (tertiary/aromatic N) is 2. The lowest BCUT2D eigenvalue weighted by atomic mass is 10.3. The van der Waals surface area contributed by atoms with Crippen LogP contribution in [0.3, 0.4) is 0 Å². The van der Waals surface area contributed by atoms with E-state index in [1.807, 2.05) is 6.07 Å². The van der Waals surface area contributed by atoms with Gasteiger partial charge in [-0.2, -0.15) is 4.98 Å². The Balaban J connectivity index is 1.93. The number of hydrogen-bond acceptors (Lipinski definition) is 3. The van der Waals surface area contributed by atoms with Crippen molar-refractivity contribution >= 4 is 35.3 Å². The van der Waals surface area contributed by atoms with Gasteiger partial charge in [0.25, 0.3) is 8.24 Å². The van der Waals surface area contributed by atoms with E-state index in [0.717, 1.165) is 11.5 Å². The molecule has 0 spiro atoms. The van der Waals surface area contributed by atoms with Gasteiger partial charge >= 0.3 is 0 Å². The second-order valence-electron chi connectivity index (χ2n) is 7.33. The van der Waals surface area contributed by atoms with Gasteiger partial charge in [-0.15, -0.1) is 0 Å². The molecule has 4 aromatic carbocycles. The highest BCUT2D eigenvalue weighted by molar-refractivity contribution is 7.14. The minimum Gasteiger partial charge on any atom is -0.449 e. The van der Waals surface area contributed by atoms with Crippen LogP contribution in [0.1, 0.15) is 0 Å². The van der Waals surface area contributed by atoms with Gasteiger partial charge in [0.2, 0.25) is 0 Å². The molecule has 0 amide bonds. The highest BCUT2D eigenvalue weighted by Crippen LogP contribution is 2.30. The van der Waals surface area contributed by atoms with Crippen molar-refractivity contribution in [3.8, 4) is 0 Å². The first-order valence-corrected chi connectivity index (χ1v) is 12.3. The van der Waals surface area contributed by atoms with Crippen molar-refractivity contribution in [2.75, 3.05) is 4.57 Å². The summed E-state index contributed by atoms with van der Waals surface area (Å²) in [6, 6.07) is 42.8. The molecule has 3 nitrogen and oxygen atoms in total. The highest BCUT2D eigenvalue weighted by atomic mass is 28.3. The number of oxazole rings is 1. The van der Waals surface area contributed by atoms with Gasteiger partial charge in [-0.3, -0.25) is 0 Å². The standard InChI is InChI=1S/C27H22N2OSi/c1-5-13-23(14-6-1)29(27-21-30-22-28-27)31(24-15-7-2-8-16-24,25-17-9-3-10-18-25)26-19-11-4-12-20-26/h1-22H. The SMILES string of the molecule is c1ccc(N(c2cocn2)[Si](c2ccccc2)(c2ccccc2)c2ccccc2)cc1. The van der Waals surface area contributed by atoms with Gasteiger partial charge in [0.1, 0.15) is 6.26 Å². The molecular formula is C27H22N2OSi. The van der Waals surface area contributed by atoms with Crippen LogP contribution >= 0.6 is 0 Å². The average Bonchev–Trinajstić information content (AvgIpc) is 3.39. The Morgan fingerprint density at radius 1 is 0.548 bits per heavy atom. The molecule has 0 bridgehead atoms. The molecule has 5 rings (SSSR count). The smallest absolute Gasteiger partial charge is 0.259 e. The Hall–Kier alpha value is -3.89. The first-order valence-electron chi connectivity index (χ1n) is 10.3. The second-order valence-corrected chi connectivity index (χ2v) is 10.9. The van der Waals surface area contributed by atoms with Crippen LogP contribution in [0.25, 0.3) is 0 Å². The molecule has 0 saturated heterocycles. The van der Waals surface area contributed by atoms with E-state index >= 15 is 0 Å². The third-order valence-electron chi connectivity index (χ3n) is 5.57. The van der Waals surface area contributed by atoms with Crippen molar-refractivity contribution in [3.05, 3.63) is 134 Å². The molecule has 1 aromatic heterocycles. The van der Waals surface area contributed by atoms with E-state index in [1.165, 1.54) is 22.0 Å². The van der Waals surface area contributed by atoms with Gasteiger partial charge in [0.15, 0.2) is 12.2 Å². The summed E-state index contributed by atoms with van der Waals surface area (Å²) in [5.41, 5.74) is 1.08. The molecule has 5 aromatic rings. The molecule has 31 heavy (non-hydrogen) atoms. The third kappa shape index (κ3) is 3.37. The Kier molecular flexibility index (Phi) is 5.21. The molecule has 150 valence electrons. The average molecular weight is 419 g/mol. The molecule has 0 saturated carbocycles. The molecule has 1 heterocycles. The summed E-state index contributed by atoms with van der Waals surface area (Å²) in [5, 5.41) is 3.83. The normalized spacial score (nSPS) is 11.2. The lowest BCUT2D eigenvalue weighted by molar-refractivity contribution is 0.558. The van der Waals surface area contributed by atoms with E-state index < -0.39 is 8.24 Å². The summed E-state index contributed by atoms with van der Waals surface area (Å²) in [7, 11) is -2.79. The maximum atomic E-state index is 5.49. The maximum Gasteiger partial charge on any atom is 0.259 e.